The van der Waals surface area contributed by atoms with E-state index in [-0.39, 0.29) is 28.8 Å². The summed E-state index contributed by atoms with van der Waals surface area (Å²) in [5, 5.41) is 5.75. The average molecular weight is 1020 g/mol. The number of amides is 4. The number of thioether (sulfide) groups is 1. The van der Waals surface area contributed by atoms with Gasteiger partial charge in [-0.15, -0.1) is 0 Å². The van der Waals surface area contributed by atoms with Gasteiger partial charge in [0.2, 0.25) is 19.4 Å². The normalized spacial score (nSPS) is 11.2. The van der Waals surface area contributed by atoms with E-state index in [2.05, 4.69) is 47.3 Å². The van der Waals surface area contributed by atoms with Crippen molar-refractivity contribution in [3.63, 3.8) is 0 Å². The third kappa shape index (κ3) is 14.8. The number of hydrogen-bond donors (Lipinski definition) is 9. The first kappa shape index (κ1) is 52.9. The van der Waals surface area contributed by atoms with Crippen LogP contribution in [0.2, 0.25) is 0 Å². The molecule has 0 saturated heterocycles. The third-order valence-electron chi connectivity index (χ3n) is 10.8. The summed E-state index contributed by atoms with van der Waals surface area (Å²) in [5.74, 6) is 0.632. The maximum absolute atomic E-state index is 13.5. The standard InChI is InChI=1S/C49H54N10O9S3/c1-33-10-20-44(70(64,65)57-42-16-12-40(13-17-42)55-51-31-60)35(3)47(33)38-8-5-7-37(27-38)30-68-53-23-26-69-25-22-50-49(63)39-9-6-24-59(28-39)29-46(62)54-48-34(2)11-21-45(36(48)4)71(66,67)58-43-18-14-41(15-19-43)56-52-32-61/h5-21,24,27-28,31-32,53,55-58H,22-23,25-26,29-30H2,1-4H3,(H3-,50,51,52,54,60,61,62,63)/p+1. The highest BCUT2D eigenvalue weighted by molar-refractivity contribution is 7.99. The number of aryl methyl sites for hydroxylation is 2. The van der Waals surface area contributed by atoms with E-state index < -0.39 is 26.0 Å². The van der Waals surface area contributed by atoms with Gasteiger partial charge in [0.15, 0.2) is 12.4 Å². The lowest BCUT2D eigenvalue weighted by molar-refractivity contribution is -0.684. The van der Waals surface area contributed by atoms with Crippen molar-refractivity contribution in [3.05, 3.63) is 155 Å². The van der Waals surface area contributed by atoms with E-state index in [1.807, 2.05) is 31.2 Å². The SMILES string of the molecule is Cc1ccc(S(=O)(=O)Nc2ccc(NNC=O)cc2)c(C)c1NC(=O)C[n+]1cccc(C(=O)NCCSCCNOCc2cccc(-c3c(C)ccc(S(=O)(=O)Nc4ccc(NNC=O)cc4)c3C)c2)c1. The molecule has 6 aromatic rings. The second kappa shape index (κ2) is 24.9. The number of carbonyl (C=O) groups is 4. The Labute approximate surface area is 417 Å². The van der Waals surface area contributed by atoms with Crippen LogP contribution in [0.1, 0.15) is 38.2 Å². The Bertz CT molecular complexity index is 3090. The zero-order valence-corrected chi connectivity index (χ0v) is 41.7. The number of sulfonamides is 2. The smallest absolute Gasteiger partial charge is 0.290 e. The number of benzene rings is 5. The fraction of sp³-hybridized carbons (Fsp3) is 0.204. The Balaban J connectivity index is 0.918. The molecule has 19 nitrogen and oxygen atoms in total. The molecule has 0 aliphatic rings. The van der Waals surface area contributed by atoms with Gasteiger partial charge in [0.25, 0.3) is 31.9 Å². The molecule has 9 N–H and O–H groups in total. The summed E-state index contributed by atoms with van der Waals surface area (Å²) in [6.07, 6.45) is 4.20. The van der Waals surface area contributed by atoms with Gasteiger partial charge in [0.1, 0.15) is 5.56 Å². The monoisotopic (exact) mass is 1020 g/mol. The molecule has 0 unspecified atom stereocenters. The van der Waals surface area contributed by atoms with Crippen molar-refractivity contribution in [1.82, 2.24) is 21.6 Å². The Hall–Kier alpha value is -7.50. The van der Waals surface area contributed by atoms with Crippen LogP contribution in [-0.2, 0) is 52.4 Å². The van der Waals surface area contributed by atoms with E-state index >= 15 is 0 Å². The number of hydrogen-bond acceptors (Lipinski definition) is 13. The second-order valence-electron chi connectivity index (χ2n) is 16.0. The van der Waals surface area contributed by atoms with Gasteiger partial charge in [-0.3, -0.25) is 55.2 Å². The highest BCUT2D eigenvalue weighted by Gasteiger charge is 2.24. The van der Waals surface area contributed by atoms with Gasteiger partial charge < -0.3 is 10.6 Å². The molecule has 6 rings (SSSR count). The summed E-state index contributed by atoms with van der Waals surface area (Å²) in [4.78, 5) is 53.2. The van der Waals surface area contributed by atoms with Crippen molar-refractivity contribution >= 4 is 84.9 Å². The minimum Gasteiger partial charge on any atom is -0.351 e. The summed E-state index contributed by atoms with van der Waals surface area (Å²) >= 11 is 1.62. The quantitative estimate of drug-likeness (QED) is 0.0142. The average Bonchev–Trinajstić information content (AvgIpc) is 3.34. The fourth-order valence-electron chi connectivity index (χ4n) is 7.44. The molecule has 1 aromatic heterocycles. The van der Waals surface area contributed by atoms with Crippen LogP contribution < -0.4 is 51.8 Å². The molecule has 5 aromatic carbocycles. The number of hydroxylamine groups is 1. The van der Waals surface area contributed by atoms with Crippen LogP contribution in [0.4, 0.5) is 28.4 Å². The predicted octanol–water partition coefficient (Wildman–Crippen LogP) is 5.45. The number of hydrazine groups is 2. The van der Waals surface area contributed by atoms with E-state index in [1.165, 1.54) is 18.2 Å². The molecule has 0 bridgehead atoms. The van der Waals surface area contributed by atoms with E-state index in [9.17, 15) is 36.0 Å². The molecule has 0 atom stereocenters. The molecule has 0 saturated carbocycles. The second-order valence-corrected chi connectivity index (χ2v) is 20.5. The molecule has 0 radical (unpaired) electrons. The topological polar surface area (TPSA) is 258 Å². The van der Waals surface area contributed by atoms with E-state index in [0.717, 1.165) is 22.3 Å². The molecule has 0 aliphatic heterocycles. The van der Waals surface area contributed by atoms with Gasteiger partial charge in [0, 0.05) is 47.7 Å². The molecule has 372 valence electrons. The molecular weight excluding hydrogens is 969 g/mol. The summed E-state index contributed by atoms with van der Waals surface area (Å²) in [6, 6.07) is 30.2. The fourth-order valence-corrected chi connectivity index (χ4v) is 10.7. The van der Waals surface area contributed by atoms with E-state index in [1.54, 1.807) is 116 Å². The number of carbonyl (C=O) groups excluding carboxylic acids is 4. The Morgan fingerprint density at radius 1 is 0.662 bits per heavy atom. The van der Waals surface area contributed by atoms with Crippen LogP contribution in [0.5, 0.6) is 0 Å². The predicted molar refractivity (Wildman–Crippen MR) is 275 cm³/mol. The van der Waals surface area contributed by atoms with Crippen LogP contribution in [0.15, 0.2) is 131 Å². The number of aromatic nitrogens is 1. The minimum absolute atomic E-state index is 0.0142. The van der Waals surface area contributed by atoms with Gasteiger partial charge in [-0.05, 0) is 139 Å². The number of nitrogens with zero attached hydrogens (tertiary/aromatic N) is 1. The number of rotatable bonds is 26. The zero-order valence-electron chi connectivity index (χ0n) is 39.3. The third-order valence-corrected chi connectivity index (χ3v) is 14.8. The Morgan fingerprint density at radius 2 is 1.24 bits per heavy atom. The Kier molecular flexibility index (Phi) is 18.5. The lowest BCUT2D eigenvalue weighted by Gasteiger charge is -2.17. The number of nitrogens with one attached hydrogen (secondary N) is 9. The highest BCUT2D eigenvalue weighted by Crippen LogP contribution is 2.33. The van der Waals surface area contributed by atoms with Gasteiger partial charge in [-0.25, -0.2) is 22.3 Å². The lowest BCUT2D eigenvalue weighted by Crippen LogP contribution is -2.41. The summed E-state index contributed by atoms with van der Waals surface area (Å²) in [7, 11) is -7.98. The van der Waals surface area contributed by atoms with E-state index in [4.69, 9.17) is 4.84 Å². The highest BCUT2D eigenvalue weighted by atomic mass is 32.2. The summed E-state index contributed by atoms with van der Waals surface area (Å²) in [5.41, 5.74) is 20.5. The molecule has 0 fully saturated rings. The van der Waals surface area contributed by atoms with Crippen LogP contribution >= 0.6 is 11.8 Å². The van der Waals surface area contributed by atoms with Crippen molar-refractivity contribution in [2.75, 3.05) is 50.2 Å². The molecule has 0 spiro atoms. The largest absolute Gasteiger partial charge is 0.351 e. The first-order valence-electron chi connectivity index (χ1n) is 22.0. The van der Waals surface area contributed by atoms with Gasteiger partial charge in [-0.2, -0.15) is 16.3 Å². The van der Waals surface area contributed by atoms with Crippen molar-refractivity contribution in [1.29, 1.82) is 0 Å². The maximum Gasteiger partial charge on any atom is 0.290 e. The molecule has 22 heteroatoms. The molecule has 4 amide bonds. The Morgan fingerprint density at radius 3 is 1.86 bits per heavy atom. The van der Waals surface area contributed by atoms with Crippen molar-refractivity contribution in [2.45, 2.75) is 50.6 Å². The zero-order chi connectivity index (χ0) is 51.0. The minimum atomic E-state index is -4.05. The van der Waals surface area contributed by atoms with Crippen LogP contribution in [0, 0.1) is 27.7 Å². The van der Waals surface area contributed by atoms with Crippen LogP contribution in [-0.4, -0.2) is 66.1 Å². The van der Waals surface area contributed by atoms with Crippen LogP contribution in [0.25, 0.3) is 11.1 Å². The maximum atomic E-state index is 13.5. The number of anilines is 5. The molecular formula is C49H55N10O9S3+. The van der Waals surface area contributed by atoms with E-state index in [0.29, 0.717) is 88.1 Å². The molecule has 1 heterocycles. The van der Waals surface area contributed by atoms with Gasteiger partial charge in [0.05, 0.1) is 27.8 Å². The molecule has 71 heavy (non-hydrogen) atoms. The van der Waals surface area contributed by atoms with Gasteiger partial charge in [-0.1, -0.05) is 30.3 Å². The van der Waals surface area contributed by atoms with Crippen molar-refractivity contribution in [2.24, 2.45) is 0 Å². The summed E-state index contributed by atoms with van der Waals surface area (Å²) < 4.78 is 60.6. The van der Waals surface area contributed by atoms with Crippen LogP contribution in [0.3, 0.4) is 0 Å². The summed E-state index contributed by atoms with van der Waals surface area (Å²) in [6.45, 7) is 8.18. The lowest BCUT2D eigenvalue weighted by atomic mass is 9.95. The van der Waals surface area contributed by atoms with Crippen molar-refractivity contribution in [3.8, 4) is 11.1 Å². The first-order chi connectivity index (χ1) is 34.1. The van der Waals surface area contributed by atoms with Gasteiger partial charge >= 0.3 is 0 Å². The first-order valence-corrected chi connectivity index (χ1v) is 26.2. The molecule has 0 aliphatic carbocycles. The van der Waals surface area contributed by atoms with Crippen molar-refractivity contribution < 1.29 is 45.4 Å². The number of pyridine rings is 1.